The van der Waals surface area contributed by atoms with Crippen LogP contribution in [0.4, 0.5) is 17.6 Å². The van der Waals surface area contributed by atoms with Gasteiger partial charge in [-0.15, -0.1) is 0 Å². The molecule has 34 heavy (non-hydrogen) atoms. The number of pyridine rings is 1. The van der Waals surface area contributed by atoms with Crippen LogP contribution in [0, 0.1) is 5.82 Å². The van der Waals surface area contributed by atoms with Gasteiger partial charge in [-0.2, -0.15) is 18.2 Å². The summed E-state index contributed by atoms with van der Waals surface area (Å²) in [5, 5.41) is 29.1. The van der Waals surface area contributed by atoms with E-state index in [0.717, 1.165) is 6.92 Å². The van der Waals surface area contributed by atoms with E-state index in [0.29, 0.717) is 10.8 Å². The summed E-state index contributed by atoms with van der Waals surface area (Å²) in [6.07, 6.45) is -12.5. The Hall–Kier alpha value is -2.20. The van der Waals surface area contributed by atoms with E-state index in [1.807, 2.05) is 0 Å². The maximum Gasteiger partial charge on any atom is 0.434 e. The summed E-state index contributed by atoms with van der Waals surface area (Å²) in [6, 6.07) is 0. The Balaban J connectivity index is 1.93. The van der Waals surface area contributed by atoms with Crippen LogP contribution in [-0.2, 0) is 20.0 Å². The molecule has 1 fully saturated rings. The summed E-state index contributed by atoms with van der Waals surface area (Å²) in [5.74, 6) is -3.86. The van der Waals surface area contributed by atoms with Crippen molar-refractivity contribution in [1.82, 2.24) is 14.5 Å². The van der Waals surface area contributed by atoms with E-state index in [-0.39, 0.29) is 6.42 Å². The van der Waals surface area contributed by atoms with Crippen LogP contribution >= 0.6 is 7.60 Å². The Morgan fingerprint density at radius 1 is 1.29 bits per heavy atom. The SMILES string of the molecule is CC(C[C@H]1O[C@@H](n2cc3c(=O)c(F)c(C(F)(F)F)[nH]c3nc2=O)C(O)C1O)OP(=O)(O)C(C)O. The molecule has 3 heterocycles. The summed E-state index contributed by atoms with van der Waals surface area (Å²) in [7, 11) is -4.41. The quantitative estimate of drug-likeness (QED) is 0.262. The van der Waals surface area contributed by atoms with E-state index in [4.69, 9.17) is 9.26 Å². The highest BCUT2D eigenvalue weighted by Crippen LogP contribution is 2.48. The van der Waals surface area contributed by atoms with Crippen LogP contribution in [0.5, 0.6) is 0 Å². The predicted molar refractivity (Wildman–Crippen MR) is 104 cm³/mol. The number of nitrogens with one attached hydrogen (secondary N) is 1. The first kappa shape index (κ1) is 26.4. The summed E-state index contributed by atoms with van der Waals surface area (Å²) in [4.78, 5) is 38.9. The molecule has 1 saturated heterocycles. The van der Waals surface area contributed by atoms with Gasteiger partial charge in [-0.3, -0.25) is 13.9 Å². The lowest BCUT2D eigenvalue weighted by Crippen LogP contribution is -2.36. The first-order chi connectivity index (χ1) is 15.5. The van der Waals surface area contributed by atoms with Crippen LogP contribution in [0.3, 0.4) is 0 Å². The molecule has 0 bridgehead atoms. The number of hydrogen-bond acceptors (Lipinski definition) is 9. The lowest BCUT2D eigenvalue weighted by Gasteiger charge is -2.23. The number of hydrogen-bond donors (Lipinski definition) is 5. The van der Waals surface area contributed by atoms with Crippen LogP contribution in [0.2, 0.25) is 0 Å². The number of halogens is 4. The van der Waals surface area contributed by atoms with Crippen molar-refractivity contribution in [3.8, 4) is 0 Å². The van der Waals surface area contributed by atoms with E-state index in [2.05, 4.69) is 4.98 Å². The number of aromatic amines is 1. The van der Waals surface area contributed by atoms with Crippen molar-refractivity contribution < 1.29 is 51.6 Å². The average Bonchev–Trinajstić information content (AvgIpc) is 2.97. The molecule has 1 aliphatic heterocycles. The predicted octanol–water partition coefficient (Wildman–Crippen LogP) is 0.181. The monoisotopic (exact) mass is 517 g/mol. The zero-order valence-corrected chi connectivity index (χ0v) is 18.3. The highest BCUT2D eigenvalue weighted by atomic mass is 31.2. The van der Waals surface area contributed by atoms with Gasteiger partial charge in [0.1, 0.15) is 17.9 Å². The van der Waals surface area contributed by atoms with E-state index in [1.165, 1.54) is 6.92 Å². The maximum absolute atomic E-state index is 14.0. The molecule has 5 N–H and O–H groups in total. The number of alkyl halides is 3. The number of aliphatic hydroxyl groups excluding tert-OH is 3. The molecule has 12 nitrogen and oxygen atoms in total. The zero-order valence-electron chi connectivity index (χ0n) is 17.4. The molecule has 0 spiro atoms. The van der Waals surface area contributed by atoms with Gasteiger partial charge in [0.05, 0.1) is 17.6 Å². The fourth-order valence-corrected chi connectivity index (χ4v) is 4.16. The third-order valence-corrected chi connectivity index (χ3v) is 6.73. The number of rotatable bonds is 6. The fraction of sp³-hybridized carbons (Fsp3) is 0.588. The van der Waals surface area contributed by atoms with Crippen molar-refractivity contribution in [3.63, 3.8) is 0 Å². The summed E-state index contributed by atoms with van der Waals surface area (Å²) >= 11 is 0. The van der Waals surface area contributed by atoms with Crippen LogP contribution < -0.4 is 11.1 Å². The summed E-state index contributed by atoms with van der Waals surface area (Å²) in [5.41, 5.74) is -5.89. The minimum absolute atomic E-state index is 0.300. The Bertz CT molecular complexity index is 1250. The van der Waals surface area contributed by atoms with Crippen LogP contribution in [0.1, 0.15) is 32.2 Å². The minimum Gasteiger partial charge on any atom is -0.388 e. The van der Waals surface area contributed by atoms with Crippen molar-refractivity contribution in [2.45, 2.75) is 62.9 Å². The van der Waals surface area contributed by atoms with Crippen LogP contribution in [-0.4, -0.2) is 65.0 Å². The Kier molecular flexibility index (Phi) is 7.07. The van der Waals surface area contributed by atoms with Crippen molar-refractivity contribution in [2.24, 2.45) is 0 Å². The zero-order chi connectivity index (χ0) is 25.7. The molecular formula is C17H20F4N3O9P. The summed E-state index contributed by atoms with van der Waals surface area (Å²) < 4.78 is 75.3. The Morgan fingerprint density at radius 2 is 1.91 bits per heavy atom. The molecule has 2 aromatic heterocycles. The van der Waals surface area contributed by atoms with Gasteiger partial charge in [0.25, 0.3) is 0 Å². The smallest absolute Gasteiger partial charge is 0.388 e. The molecule has 190 valence electrons. The van der Waals surface area contributed by atoms with Gasteiger partial charge in [-0.1, -0.05) is 0 Å². The van der Waals surface area contributed by atoms with Crippen molar-refractivity contribution in [3.05, 3.63) is 38.4 Å². The first-order valence-electron chi connectivity index (χ1n) is 9.67. The molecule has 0 aliphatic carbocycles. The molecule has 1 aliphatic rings. The number of ether oxygens (including phenoxy) is 1. The van der Waals surface area contributed by atoms with Crippen molar-refractivity contribution in [2.75, 3.05) is 0 Å². The molecule has 2 aromatic rings. The van der Waals surface area contributed by atoms with E-state index in [9.17, 15) is 51.9 Å². The second-order valence-corrected chi connectivity index (χ2v) is 9.81. The van der Waals surface area contributed by atoms with Gasteiger partial charge >= 0.3 is 19.5 Å². The van der Waals surface area contributed by atoms with E-state index >= 15 is 0 Å². The number of H-pyrrole nitrogens is 1. The second kappa shape index (κ2) is 9.11. The van der Waals surface area contributed by atoms with Gasteiger partial charge in [0.2, 0.25) is 5.43 Å². The Labute approximate surface area is 186 Å². The van der Waals surface area contributed by atoms with Gasteiger partial charge in [0, 0.05) is 12.6 Å². The minimum atomic E-state index is -5.26. The third kappa shape index (κ3) is 4.93. The maximum atomic E-state index is 14.0. The molecule has 3 rings (SSSR count). The molecule has 0 saturated carbocycles. The standard InChI is InChI=1S/C17H20F4N3O9P/c1-5(33-34(30,31)6(2)25)3-8-11(27)12(28)15(32-8)24-4-7-10(26)9(18)13(17(19,20)21)22-14(7)23-16(24)29/h4-6,8,11-12,15,25,27-28H,3H2,1-2H3,(H,30,31)(H,22,23,29)/t5?,6?,8-,11?,12?,15-/m1/s1. The molecule has 7 atom stereocenters. The van der Waals surface area contributed by atoms with E-state index < -0.39 is 83.9 Å². The van der Waals surface area contributed by atoms with E-state index in [1.54, 1.807) is 4.98 Å². The third-order valence-electron chi connectivity index (χ3n) is 5.12. The van der Waals surface area contributed by atoms with Crippen molar-refractivity contribution >= 4 is 18.6 Å². The number of nitrogens with zero attached hydrogens (tertiary/aromatic N) is 2. The topological polar surface area (TPSA) is 184 Å². The van der Waals surface area contributed by atoms with Crippen molar-refractivity contribution in [1.29, 1.82) is 0 Å². The van der Waals surface area contributed by atoms with Gasteiger partial charge < -0.3 is 34.5 Å². The fourth-order valence-electron chi connectivity index (χ4n) is 3.38. The molecule has 5 unspecified atom stereocenters. The molecular weight excluding hydrogens is 497 g/mol. The average molecular weight is 517 g/mol. The molecule has 0 amide bonds. The highest BCUT2D eigenvalue weighted by molar-refractivity contribution is 7.53. The lowest BCUT2D eigenvalue weighted by molar-refractivity contribution is -0.143. The van der Waals surface area contributed by atoms with Crippen LogP contribution in [0.15, 0.2) is 15.8 Å². The number of fused-ring (bicyclic) bond motifs is 1. The highest BCUT2D eigenvalue weighted by Gasteiger charge is 2.45. The molecule has 0 aromatic carbocycles. The van der Waals surface area contributed by atoms with Crippen LogP contribution in [0.25, 0.3) is 11.0 Å². The normalized spacial score (nSPS) is 27.0. The second-order valence-electron chi connectivity index (χ2n) is 7.73. The lowest BCUT2D eigenvalue weighted by atomic mass is 10.1. The first-order valence-corrected chi connectivity index (χ1v) is 11.3. The Morgan fingerprint density at radius 3 is 2.47 bits per heavy atom. The van der Waals surface area contributed by atoms with Gasteiger partial charge in [-0.05, 0) is 13.8 Å². The van der Waals surface area contributed by atoms with Gasteiger partial charge in [-0.25, -0.2) is 9.18 Å². The largest absolute Gasteiger partial charge is 0.434 e. The van der Waals surface area contributed by atoms with Gasteiger partial charge in [0.15, 0.2) is 23.6 Å². The number of aromatic nitrogens is 3. The summed E-state index contributed by atoms with van der Waals surface area (Å²) in [6.45, 7) is 2.33. The number of aliphatic hydroxyl groups is 3. The molecule has 0 radical (unpaired) electrons. The molecule has 17 heteroatoms.